The van der Waals surface area contributed by atoms with Crippen LogP contribution >= 0.6 is 11.6 Å². The molecule has 3 aromatic rings. The summed E-state index contributed by atoms with van der Waals surface area (Å²) in [4.78, 5) is 11.3. The van der Waals surface area contributed by atoms with Crippen LogP contribution in [0.3, 0.4) is 0 Å². The molecular weight excluding hydrogens is 292 g/mol. The van der Waals surface area contributed by atoms with Gasteiger partial charge in [-0.15, -0.1) is 0 Å². The van der Waals surface area contributed by atoms with E-state index in [1.165, 1.54) is 6.26 Å². The monoisotopic (exact) mass is 302 g/mol. The molecular formula is C16H11ClO4. The SMILES string of the molecule is O=C(O)c1cccc2occ(COc3ccccc3Cl)c12. The van der Waals surface area contributed by atoms with Crippen LogP contribution in [-0.2, 0) is 6.61 Å². The van der Waals surface area contributed by atoms with Gasteiger partial charge in [0.2, 0.25) is 0 Å². The van der Waals surface area contributed by atoms with Gasteiger partial charge in [-0.1, -0.05) is 29.8 Å². The van der Waals surface area contributed by atoms with Crippen molar-refractivity contribution in [2.75, 3.05) is 0 Å². The van der Waals surface area contributed by atoms with E-state index in [4.69, 9.17) is 20.8 Å². The van der Waals surface area contributed by atoms with Crippen molar-refractivity contribution in [3.63, 3.8) is 0 Å². The van der Waals surface area contributed by atoms with E-state index in [1.54, 1.807) is 30.3 Å². The summed E-state index contributed by atoms with van der Waals surface area (Å²) in [5.41, 5.74) is 1.38. The van der Waals surface area contributed by atoms with Gasteiger partial charge in [0.25, 0.3) is 0 Å². The van der Waals surface area contributed by atoms with Crippen LogP contribution in [0.15, 0.2) is 53.1 Å². The van der Waals surface area contributed by atoms with Crippen LogP contribution in [0.1, 0.15) is 15.9 Å². The smallest absolute Gasteiger partial charge is 0.336 e. The first kappa shape index (κ1) is 13.5. The highest BCUT2D eigenvalue weighted by atomic mass is 35.5. The maximum atomic E-state index is 11.3. The van der Waals surface area contributed by atoms with E-state index in [-0.39, 0.29) is 12.2 Å². The minimum atomic E-state index is -0.999. The van der Waals surface area contributed by atoms with Crippen molar-refractivity contribution in [2.45, 2.75) is 6.61 Å². The quantitative estimate of drug-likeness (QED) is 0.777. The van der Waals surface area contributed by atoms with E-state index in [0.717, 1.165) is 0 Å². The molecule has 1 aromatic heterocycles. The van der Waals surface area contributed by atoms with Crippen molar-refractivity contribution in [3.8, 4) is 5.75 Å². The normalized spacial score (nSPS) is 10.7. The Morgan fingerprint density at radius 2 is 2.00 bits per heavy atom. The fourth-order valence-electron chi connectivity index (χ4n) is 2.16. The minimum Gasteiger partial charge on any atom is -0.487 e. The van der Waals surface area contributed by atoms with E-state index < -0.39 is 5.97 Å². The lowest BCUT2D eigenvalue weighted by molar-refractivity contribution is 0.0699. The predicted octanol–water partition coefficient (Wildman–Crippen LogP) is 4.36. The summed E-state index contributed by atoms with van der Waals surface area (Å²) >= 11 is 6.02. The van der Waals surface area contributed by atoms with Gasteiger partial charge in [0.1, 0.15) is 17.9 Å². The molecule has 4 nitrogen and oxygen atoms in total. The number of halogens is 1. The number of hydrogen-bond acceptors (Lipinski definition) is 3. The van der Waals surface area contributed by atoms with E-state index in [0.29, 0.717) is 27.3 Å². The number of carboxylic acids is 1. The average molecular weight is 303 g/mol. The summed E-state index contributed by atoms with van der Waals surface area (Å²) in [6.07, 6.45) is 1.51. The molecule has 0 fully saturated rings. The first-order valence-electron chi connectivity index (χ1n) is 6.26. The number of fused-ring (bicyclic) bond motifs is 1. The molecule has 2 aromatic carbocycles. The van der Waals surface area contributed by atoms with Crippen molar-refractivity contribution < 1.29 is 19.1 Å². The fraction of sp³-hybridized carbons (Fsp3) is 0.0625. The summed E-state index contributed by atoms with van der Waals surface area (Å²) in [6, 6.07) is 12.0. The number of carboxylic acid groups (broad SMARTS) is 1. The minimum absolute atomic E-state index is 0.182. The Balaban J connectivity index is 1.95. The number of aromatic carboxylic acids is 1. The Bertz CT molecular complexity index is 807. The maximum absolute atomic E-state index is 11.3. The van der Waals surface area contributed by atoms with Crippen LogP contribution in [-0.4, -0.2) is 11.1 Å². The molecule has 0 aliphatic heterocycles. The third kappa shape index (κ3) is 2.58. The highest BCUT2D eigenvalue weighted by molar-refractivity contribution is 6.32. The highest BCUT2D eigenvalue weighted by Gasteiger charge is 2.15. The molecule has 21 heavy (non-hydrogen) atoms. The number of furan rings is 1. The lowest BCUT2D eigenvalue weighted by Gasteiger charge is -2.07. The summed E-state index contributed by atoms with van der Waals surface area (Å²) in [7, 11) is 0. The van der Waals surface area contributed by atoms with E-state index in [9.17, 15) is 9.90 Å². The second-order valence-corrected chi connectivity index (χ2v) is 4.87. The molecule has 0 saturated heterocycles. The van der Waals surface area contributed by atoms with Crippen molar-refractivity contribution in [2.24, 2.45) is 0 Å². The number of para-hydroxylation sites is 1. The van der Waals surface area contributed by atoms with Crippen LogP contribution in [0.25, 0.3) is 11.0 Å². The Morgan fingerprint density at radius 1 is 1.19 bits per heavy atom. The molecule has 0 aliphatic carbocycles. The summed E-state index contributed by atoms with van der Waals surface area (Å²) in [5, 5.41) is 10.3. The van der Waals surface area contributed by atoms with Crippen molar-refractivity contribution in [1.82, 2.24) is 0 Å². The van der Waals surface area contributed by atoms with Crippen LogP contribution in [0.4, 0.5) is 0 Å². The van der Waals surface area contributed by atoms with Gasteiger partial charge in [0.15, 0.2) is 0 Å². The van der Waals surface area contributed by atoms with Crippen LogP contribution in [0.2, 0.25) is 5.02 Å². The largest absolute Gasteiger partial charge is 0.487 e. The molecule has 0 radical (unpaired) electrons. The second-order valence-electron chi connectivity index (χ2n) is 4.46. The van der Waals surface area contributed by atoms with Crippen molar-refractivity contribution in [1.29, 1.82) is 0 Å². The molecule has 0 atom stereocenters. The van der Waals surface area contributed by atoms with Crippen LogP contribution in [0, 0.1) is 0 Å². The third-order valence-corrected chi connectivity index (χ3v) is 3.44. The molecule has 0 saturated carbocycles. The maximum Gasteiger partial charge on any atom is 0.336 e. The molecule has 106 valence electrons. The number of carbonyl (C=O) groups is 1. The fourth-order valence-corrected chi connectivity index (χ4v) is 2.35. The summed E-state index contributed by atoms with van der Waals surface area (Å²) in [6.45, 7) is 0.182. The first-order chi connectivity index (χ1) is 10.2. The Kier molecular flexibility index (Phi) is 3.54. The number of rotatable bonds is 4. The van der Waals surface area contributed by atoms with Gasteiger partial charge >= 0.3 is 5.97 Å². The topological polar surface area (TPSA) is 59.7 Å². The van der Waals surface area contributed by atoms with Gasteiger partial charge in [0, 0.05) is 10.9 Å². The molecule has 5 heteroatoms. The standard InChI is InChI=1S/C16H11ClO4/c17-12-5-1-2-6-13(12)20-8-10-9-21-14-7-3-4-11(15(10)14)16(18)19/h1-7,9H,8H2,(H,18,19). The summed E-state index contributed by atoms with van der Waals surface area (Å²) in [5.74, 6) is -0.456. The zero-order valence-electron chi connectivity index (χ0n) is 10.9. The number of ether oxygens (including phenoxy) is 1. The van der Waals surface area contributed by atoms with Gasteiger partial charge in [-0.2, -0.15) is 0 Å². The Hall–Kier alpha value is -2.46. The van der Waals surface area contributed by atoms with E-state index in [2.05, 4.69) is 0 Å². The second kappa shape index (κ2) is 5.50. The predicted molar refractivity (Wildman–Crippen MR) is 79.0 cm³/mol. The average Bonchev–Trinajstić information content (AvgIpc) is 2.89. The van der Waals surface area contributed by atoms with Gasteiger partial charge in [-0.05, 0) is 24.3 Å². The number of hydrogen-bond donors (Lipinski definition) is 1. The third-order valence-electron chi connectivity index (χ3n) is 3.13. The van der Waals surface area contributed by atoms with Gasteiger partial charge < -0.3 is 14.3 Å². The molecule has 0 spiro atoms. The van der Waals surface area contributed by atoms with Crippen LogP contribution < -0.4 is 4.74 Å². The zero-order chi connectivity index (χ0) is 14.8. The zero-order valence-corrected chi connectivity index (χ0v) is 11.6. The summed E-state index contributed by atoms with van der Waals surface area (Å²) < 4.78 is 11.0. The van der Waals surface area contributed by atoms with Crippen molar-refractivity contribution >= 4 is 28.5 Å². The molecule has 1 N–H and O–H groups in total. The number of benzene rings is 2. The molecule has 0 unspecified atom stereocenters. The molecule has 0 aliphatic rings. The van der Waals surface area contributed by atoms with Gasteiger partial charge in [0.05, 0.1) is 16.8 Å². The Morgan fingerprint density at radius 3 is 2.76 bits per heavy atom. The van der Waals surface area contributed by atoms with E-state index >= 15 is 0 Å². The lowest BCUT2D eigenvalue weighted by atomic mass is 10.1. The molecule has 0 amide bonds. The lowest BCUT2D eigenvalue weighted by Crippen LogP contribution is -2.00. The first-order valence-corrected chi connectivity index (χ1v) is 6.64. The van der Waals surface area contributed by atoms with Crippen molar-refractivity contribution in [3.05, 3.63) is 64.9 Å². The molecule has 0 bridgehead atoms. The highest BCUT2D eigenvalue weighted by Crippen LogP contribution is 2.28. The molecule has 3 rings (SSSR count). The molecule has 1 heterocycles. The van der Waals surface area contributed by atoms with Crippen LogP contribution in [0.5, 0.6) is 5.75 Å². The van der Waals surface area contributed by atoms with E-state index in [1.807, 2.05) is 12.1 Å². The Labute approximate surface area is 125 Å². The van der Waals surface area contributed by atoms with Gasteiger partial charge in [-0.25, -0.2) is 4.79 Å². The van der Waals surface area contributed by atoms with Gasteiger partial charge in [-0.3, -0.25) is 0 Å².